The minimum absolute atomic E-state index is 0.00603. The van der Waals surface area contributed by atoms with E-state index in [-0.39, 0.29) is 5.91 Å². The zero-order chi connectivity index (χ0) is 14.7. The van der Waals surface area contributed by atoms with Crippen LogP contribution >= 0.6 is 0 Å². The largest absolute Gasteiger partial charge is 0.349 e. The molecule has 3 rings (SSSR count). The molecule has 1 saturated heterocycles. The molecule has 1 aliphatic heterocycles. The van der Waals surface area contributed by atoms with Gasteiger partial charge in [0.1, 0.15) is 0 Å². The monoisotopic (exact) mass is 283 g/mol. The lowest BCUT2D eigenvalue weighted by Crippen LogP contribution is -2.34. The van der Waals surface area contributed by atoms with E-state index in [1.54, 1.807) is 0 Å². The first kappa shape index (κ1) is 14.1. The zero-order valence-corrected chi connectivity index (χ0v) is 12.2. The number of rotatable bonds is 3. The summed E-state index contributed by atoms with van der Waals surface area (Å²) in [6, 6.07) is 9.75. The maximum atomic E-state index is 12.3. The van der Waals surface area contributed by atoms with Gasteiger partial charge in [-0.15, -0.1) is 0 Å². The predicted octanol–water partition coefficient (Wildman–Crippen LogP) is 2.01. The fourth-order valence-electron chi connectivity index (χ4n) is 3.65. The Morgan fingerprint density at radius 1 is 1.38 bits per heavy atom. The summed E-state index contributed by atoms with van der Waals surface area (Å²) in [7, 11) is 0. The molecular formula is C17H21N3O. The van der Waals surface area contributed by atoms with E-state index in [1.165, 1.54) is 12.8 Å². The summed E-state index contributed by atoms with van der Waals surface area (Å²) < 4.78 is 0. The highest BCUT2D eigenvalue weighted by molar-refractivity contribution is 5.94. The van der Waals surface area contributed by atoms with Crippen LogP contribution in [-0.2, 0) is 6.42 Å². The van der Waals surface area contributed by atoms with Gasteiger partial charge in [-0.25, -0.2) is 0 Å². The van der Waals surface area contributed by atoms with Gasteiger partial charge in [0.05, 0.1) is 12.5 Å². The van der Waals surface area contributed by atoms with E-state index in [9.17, 15) is 4.79 Å². The number of nitrogens with one attached hydrogen (secondary N) is 2. The topological polar surface area (TPSA) is 64.9 Å². The number of carbonyl (C=O) groups is 1. The summed E-state index contributed by atoms with van der Waals surface area (Å²) in [5.74, 6) is 0.00603. The minimum atomic E-state index is 0.00603. The van der Waals surface area contributed by atoms with Crippen molar-refractivity contribution in [3.05, 3.63) is 35.4 Å². The first-order valence-corrected chi connectivity index (χ1v) is 7.68. The highest BCUT2D eigenvalue weighted by Gasteiger charge is 2.41. The normalized spacial score (nSPS) is 27.7. The Morgan fingerprint density at radius 3 is 2.86 bits per heavy atom. The van der Waals surface area contributed by atoms with Crippen LogP contribution in [0.1, 0.15) is 41.6 Å². The summed E-state index contributed by atoms with van der Waals surface area (Å²) in [5, 5.41) is 15.3. The first-order valence-electron chi connectivity index (χ1n) is 7.68. The highest BCUT2D eigenvalue weighted by Crippen LogP contribution is 2.42. The third kappa shape index (κ3) is 3.08. The van der Waals surface area contributed by atoms with Gasteiger partial charge in [0.25, 0.3) is 5.91 Å². The fourth-order valence-corrected chi connectivity index (χ4v) is 3.65. The van der Waals surface area contributed by atoms with Gasteiger partial charge in [-0.3, -0.25) is 4.79 Å². The number of amides is 1. The SMILES string of the molecule is N#CCc1ccc(C(=O)NC2CCC3(CCNC3)C2)cc1. The Morgan fingerprint density at radius 2 is 2.19 bits per heavy atom. The van der Waals surface area contributed by atoms with Crippen LogP contribution < -0.4 is 10.6 Å². The van der Waals surface area contributed by atoms with Crippen molar-refractivity contribution in [1.29, 1.82) is 5.26 Å². The maximum Gasteiger partial charge on any atom is 0.251 e. The molecule has 2 fully saturated rings. The van der Waals surface area contributed by atoms with Gasteiger partial charge >= 0.3 is 0 Å². The quantitative estimate of drug-likeness (QED) is 0.892. The summed E-state index contributed by atoms with van der Waals surface area (Å²) in [5.41, 5.74) is 2.06. The van der Waals surface area contributed by atoms with Crippen LogP contribution in [-0.4, -0.2) is 25.0 Å². The van der Waals surface area contributed by atoms with Gasteiger partial charge in [0.15, 0.2) is 0 Å². The number of nitriles is 1. The fraction of sp³-hybridized carbons (Fsp3) is 0.529. The van der Waals surface area contributed by atoms with Gasteiger partial charge in [-0.2, -0.15) is 5.26 Å². The van der Waals surface area contributed by atoms with Crippen LogP contribution in [0.25, 0.3) is 0 Å². The second kappa shape index (κ2) is 5.87. The van der Waals surface area contributed by atoms with E-state index >= 15 is 0 Å². The van der Waals surface area contributed by atoms with Crippen LogP contribution in [0.3, 0.4) is 0 Å². The van der Waals surface area contributed by atoms with Crippen molar-refractivity contribution in [3.8, 4) is 6.07 Å². The molecule has 2 aliphatic rings. The molecule has 1 aromatic rings. The number of hydrogen-bond donors (Lipinski definition) is 2. The van der Waals surface area contributed by atoms with Crippen LogP contribution in [0, 0.1) is 16.7 Å². The van der Waals surface area contributed by atoms with Crippen molar-refractivity contribution >= 4 is 5.91 Å². The zero-order valence-electron chi connectivity index (χ0n) is 12.2. The van der Waals surface area contributed by atoms with E-state index in [0.717, 1.165) is 31.5 Å². The molecule has 1 aromatic carbocycles. The predicted molar refractivity (Wildman–Crippen MR) is 80.8 cm³/mol. The molecule has 110 valence electrons. The van der Waals surface area contributed by atoms with Crippen LogP contribution in [0.5, 0.6) is 0 Å². The second-order valence-electron chi connectivity index (χ2n) is 6.37. The van der Waals surface area contributed by atoms with Gasteiger partial charge in [0.2, 0.25) is 0 Å². The van der Waals surface area contributed by atoms with Crippen LogP contribution in [0.4, 0.5) is 0 Å². The summed E-state index contributed by atoms with van der Waals surface area (Å²) in [6.45, 7) is 2.21. The van der Waals surface area contributed by atoms with Gasteiger partial charge < -0.3 is 10.6 Å². The molecule has 1 saturated carbocycles. The lowest BCUT2D eigenvalue weighted by Gasteiger charge is -2.22. The Kier molecular flexibility index (Phi) is 3.94. The number of benzene rings is 1. The Balaban J connectivity index is 1.58. The van der Waals surface area contributed by atoms with Crippen molar-refractivity contribution < 1.29 is 4.79 Å². The molecule has 0 aromatic heterocycles. The molecular weight excluding hydrogens is 262 g/mol. The molecule has 21 heavy (non-hydrogen) atoms. The molecule has 0 bridgehead atoms. The first-order chi connectivity index (χ1) is 10.2. The van der Waals surface area contributed by atoms with E-state index < -0.39 is 0 Å². The summed E-state index contributed by atoms with van der Waals surface area (Å²) in [6.07, 6.45) is 5.02. The molecule has 2 atom stereocenters. The molecule has 4 heteroatoms. The lowest BCUT2D eigenvalue weighted by atomic mass is 9.85. The molecule has 1 amide bonds. The average Bonchev–Trinajstić information content (AvgIpc) is 3.11. The van der Waals surface area contributed by atoms with Gasteiger partial charge in [0, 0.05) is 18.2 Å². The maximum absolute atomic E-state index is 12.3. The van der Waals surface area contributed by atoms with Gasteiger partial charge in [-0.05, 0) is 55.3 Å². The molecule has 1 heterocycles. The number of hydrogen-bond acceptors (Lipinski definition) is 3. The van der Waals surface area contributed by atoms with Crippen molar-refractivity contribution in [2.24, 2.45) is 5.41 Å². The smallest absolute Gasteiger partial charge is 0.251 e. The van der Waals surface area contributed by atoms with Crippen LogP contribution in [0.15, 0.2) is 24.3 Å². The summed E-state index contributed by atoms with van der Waals surface area (Å²) >= 11 is 0. The molecule has 4 nitrogen and oxygen atoms in total. The number of nitrogens with zero attached hydrogens (tertiary/aromatic N) is 1. The lowest BCUT2D eigenvalue weighted by molar-refractivity contribution is 0.0935. The van der Waals surface area contributed by atoms with Crippen molar-refractivity contribution in [2.45, 2.75) is 38.1 Å². The second-order valence-corrected chi connectivity index (χ2v) is 6.37. The molecule has 0 radical (unpaired) electrons. The van der Waals surface area contributed by atoms with E-state index in [2.05, 4.69) is 16.7 Å². The average molecular weight is 283 g/mol. The molecule has 1 aliphatic carbocycles. The summed E-state index contributed by atoms with van der Waals surface area (Å²) in [4.78, 5) is 12.3. The Hall–Kier alpha value is -1.86. The van der Waals surface area contributed by atoms with Crippen molar-refractivity contribution in [1.82, 2.24) is 10.6 Å². The third-order valence-corrected chi connectivity index (χ3v) is 4.87. The van der Waals surface area contributed by atoms with E-state index in [0.29, 0.717) is 23.4 Å². The molecule has 2 N–H and O–H groups in total. The van der Waals surface area contributed by atoms with E-state index in [1.807, 2.05) is 24.3 Å². The molecule has 2 unspecified atom stereocenters. The number of carbonyl (C=O) groups excluding carboxylic acids is 1. The van der Waals surface area contributed by atoms with Crippen LogP contribution in [0.2, 0.25) is 0 Å². The Bertz CT molecular complexity index is 552. The third-order valence-electron chi connectivity index (χ3n) is 4.87. The Labute approximate surface area is 125 Å². The van der Waals surface area contributed by atoms with Crippen molar-refractivity contribution in [2.75, 3.05) is 13.1 Å². The molecule has 1 spiro atoms. The van der Waals surface area contributed by atoms with Crippen molar-refractivity contribution in [3.63, 3.8) is 0 Å². The van der Waals surface area contributed by atoms with E-state index in [4.69, 9.17) is 5.26 Å². The minimum Gasteiger partial charge on any atom is -0.349 e. The standard InChI is InChI=1S/C17H21N3O/c18-9-6-13-1-3-14(4-2-13)16(21)20-15-5-7-17(11-15)8-10-19-12-17/h1-4,15,19H,5-8,10-12H2,(H,20,21). The van der Waals surface area contributed by atoms with Gasteiger partial charge in [-0.1, -0.05) is 12.1 Å². The highest BCUT2D eigenvalue weighted by atomic mass is 16.1.